The van der Waals surface area contributed by atoms with Gasteiger partial charge in [-0.15, -0.1) is 0 Å². The SMILES string of the molecule is Nc1ccc(C(C(F)(F)F)C(F)(F)F)cc1N. The van der Waals surface area contributed by atoms with Crippen LogP contribution in [-0.2, 0) is 0 Å². The van der Waals surface area contributed by atoms with E-state index < -0.39 is 23.8 Å². The van der Waals surface area contributed by atoms with Gasteiger partial charge in [0.15, 0.2) is 5.92 Å². The average Bonchev–Trinajstić information content (AvgIpc) is 2.06. The molecule has 96 valence electrons. The lowest BCUT2D eigenvalue weighted by Gasteiger charge is -2.23. The van der Waals surface area contributed by atoms with E-state index in [9.17, 15) is 26.3 Å². The molecule has 0 aliphatic heterocycles. The molecule has 0 radical (unpaired) electrons. The van der Waals surface area contributed by atoms with Crippen molar-refractivity contribution in [2.75, 3.05) is 11.5 Å². The van der Waals surface area contributed by atoms with Crippen molar-refractivity contribution in [3.8, 4) is 0 Å². The molecule has 1 rings (SSSR count). The van der Waals surface area contributed by atoms with Crippen LogP contribution in [-0.4, -0.2) is 12.4 Å². The number of hydrogen-bond acceptors (Lipinski definition) is 2. The van der Waals surface area contributed by atoms with Crippen molar-refractivity contribution in [3.05, 3.63) is 23.8 Å². The Kier molecular flexibility index (Phi) is 3.17. The summed E-state index contributed by atoms with van der Waals surface area (Å²) in [4.78, 5) is 0. The van der Waals surface area contributed by atoms with Gasteiger partial charge >= 0.3 is 12.4 Å². The van der Waals surface area contributed by atoms with Crippen molar-refractivity contribution in [2.45, 2.75) is 18.3 Å². The van der Waals surface area contributed by atoms with Gasteiger partial charge in [0, 0.05) is 0 Å². The van der Waals surface area contributed by atoms with E-state index in [-0.39, 0.29) is 11.4 Å². The molecule has 4 N–H and O–H groups in total. The largest absolute Gasteiger partial charge is 0.404 e. The van der Waals surface area contributed by atoms with Gasteiger partial charge in [0.2, 0.25) is 0 Å². The predicted molar refractivity (Wildman–Crippen MR) is 50.1 cm³/mol. The maximum atomic E-state index is 12.3. The van der Waals surface area contributed by atoms with Gasteiger partial charge in [-0.25, -0.2) is 0 Å². The van der Waals surface area contributed by atoms with Crippen molar-refractivity contribution in [1.82, 2.24) is 0 Å². The first-order chi connectivity index (χ1) is 7.53. The summed E-state index contributed by atoms with van der Waals surface area (Å²) in [6.45, 7) is 0. The molecule has 1 aromatic rings. The highest BCUT2D eigenvalue weighted by molar-refractivity contribution is 5.64. The van der Waals surface area contributed by atoms with E-state index in [0.29, 0.717) is 12.1 Å². The van der Waals surface area contributed by atoms with Gasteiger partial charge in [-0.3, -0.25) is 0 Å². The molecule has 0 atom stereocenters. The number of benzene rings is 1. The Morgan fingerprint density at radius 2 is 1.29 bits per heavy atom. The topological polar surface area (TPSA) is 52.0 Å². The zero-order valence-corrected chi connectivity index (χ0v) is 8.23. The predicted octanol–water partition coefficient (Wildman–Crippen LogP) is 3.06. The van der Waals surface area contributed by atoms with Crippen molar-refractivity contribution < 1.29 is 26.3 Å². The zero-order chi connectivity index (χ0) is 13.4. The third-order valence-electron chi connectivity index (χ3n) is 2.10. The highest BCUT2D eigenvalue weighted by Crippen LogP contribution is 2.46. The standard InChI is InChI=1S/C9H8F6N2/c10-8(11,12)7(9(13,14)15)4-1-2-5(16)6(17)3-4/h1-3,7H,16-17H2. The van der Waals surface area contributed by atoms with E-state index in [4.69, 9.17) is 11.5 Å². The quantitative estimate of drug-likeness (QED) is 0.600. The summed E-state index contributed by atoms with van der Waals surface area (Å²) in [7, 11) is 0. The first-order valence-corrected chi connectivity index (χ1v) is 4.32. The summed E-state index contributed by atoms with van der Waals surface area (Å²) in [6, 6.07) is 2.16. The Morgan fingerprint density at radius 1 is 0.824 bits per heavy atom. The number of halogens is 6. The van der Waals surface area contributed by atoms with Gasteiger partial charge in [0.1, 0.15) is 0 Å². The maximum absolute atomic E-state index is 12.3. The van der Waals surface area contributed by atoms with Crippen LogP contribution in [0.3, 0.4) is 0 Å². The van der Waals surface area contributed by atoms with Crippen LogP contribution in [0.4, 0.5) is 37.7 Å². The lowest BCUT2D eigenvalue weighted by molar-refractivity contribution is -0.253. The molecule has 0 aromatic heterocycles. The molecule has 0 unspecified atom stereocenters. The van der Waals surface area contributed by atoms with Crippen LogP contribution in [0.15, 0.2) is 18.2 Å². The second-order valence-electron chi connectivity index (χ2n) is 3.40. The highest BCUT2D eigenvalue weighted by atomic mass is 19.4. The molecule has 0 saturated carbocycles. The lowest BCUT2D eigenvalue weighted by Crippen LogP contribution is -2.34. The van der Waals surface area contributed by atoms with E-state index in [2.05, 4.69) is 0 Å². The first-order valence-electron chi connectivity index (χ1n) is 4.32. The molecule has 17 heavy (non-hydrogen) atoms. The molecule has 0 saturated heterocycles. The van der Waals surface area contributed by atoms with Gasteiger partial charge in [0.05, 0.1) is 11.4 Å². The van der Waals surface area contributed by atoms with Crippen molar-refractivity contribution in [1.29, 1.82) is 0 Å². The molecule has 8 heteroatoms. The van der Waals surface area contributed by atoms with Crippen molar-refractivity contribution in [3.63, 3.8) is 0 Å². The second kappa shape index (κ2) is 4.01. The Bertz CT molecular complexity index is 395. The number of nitrogen functional groups attached to an aromatic ring is 2. The minimum atomic E-state index is -5.43. The zero-order valence-electron chi connectivity index (χ0n) is 8.23. The first kappa shape index (κ1) is 13.5. The van der Waals surface area contributed by atoms with Gasteiger partial charge < -0.3 is 11.5 Å². The van der Waals surface area contributed by atoms with Crippen molar-refractivity contribution >= 4 is 11.4 Å². The summed E-state index contributed by atoms with van der Waals surface area (Å²) in [6.07, 6.45) is -10.9. The number of hydrogen-bond donors (Lipinski definition) is 2. The molecule has 2 nitrogen and oxygen atoms in total. The Hall–Kier alpha value is -1.60. The van der Waals surface area contributed by atoms with E-state index in [1.807, 2.05) is 0 Å². The minimum absolute atomic E-state index is 0.0724. The fraction of sp³-hybridized carbons (Fsp3) is 0.333. The summed E-state index contributed by atoms with van der Waals surface area (Å²) in [5.41, 5.74) is 9.04. The highest BCUT2D eigenvalue weighted by Gasteiger charge is 2.57. The Balaban J connectivity index is 3.29. The third-order valence-corrected chi connectivity index (χ3v) is 2.10. The fourth-order valence-corrected chi connectivity index (χ4v) is 1.34. The second-order valence-corrected chi connectivity index (χ2v) is 3.40. The Labute approximate surface area is 92.2 Å². The smallest absolute Gasteiger partial charge is 0.397 e. The van der Waals surface area contributed by atoms with E-state index in [1.54, 1.807) is 0 Å². The lowest BCUT2D eigenvalue weighted by atomic mass is 9.97. The molecule has 0 heterocycles. The molecule has 0 aliphatic carbocycles. The summed E-state index contributed by atoms with van der Waals surface area (Å²) >= 11 is 0. The van der Waals surface area contributed by atoms with Crippen LogP contribution in [0.2, 0.25) is 0 Å². The third kappa shape index (κ3) is 2.95. The molecule has 0 fully saturated rings. The van der Waals surface area contributed by atoms with E-state index in [1.165, 1.54) is 0 Å². The number of rotatable bonds is 1. The summed E-state index contributed by atoms with van der Waals surface area (Å²) < 4.78 is 74.1. The molecular formula is C9H8F6N2. The maximum Gasteiger partial charge on any atom is 0.404 e. The van der Waals surface area contributed by atoms with Gasteiger partial charge in [0.25, 0.3) is 0 Å². The molecule has 0 spiro atoms. The number of nitrogens with two attached hydrogens (primary N) is 2. The monoisotopic (exact) mass is 258 g/mol. The average molecular weight is 258 g/mol. The summed E-state index contributed by atoms with van der Waals surface area (Å²) in [5, 5.41) is 0. The summed E-state index contributed by atoms with van der Waals surface area (Å²) in [5.74, 6) is -3.56. The molecule has 0 amide bonds. The van der Waals surface area contributed by atoms with Crippen LogP contribution in [0, 0.1) is 0 Å². The minimum Gasteiger partial charge on any atom is -0.397 e. The number of alkyl halides is 6. The molecule has 1 aromatic carbocycles. The fourth-order valence-electron chi connectivity index (χ4n) is 1.34. The normalized spacial score (nSPS) is 13.1. The van der Waals surface area contributed by atoms with Crippen LogP contribution >= 0.6 is 0 Å². The van der Waals surface area contributed by atoms with Crippen LogP contribution in [0.25, 0.3) is 0 Å². The van der Waals surface area contributed by atoms with Crippen LogP contribution < -0.4 is 11.5 Å². The molecular weight excluding hydrogens is 250 g/mol. The molecule has 0 aliphatic rings. The van der Waals surface area contributed by atoms with Crippen LogP contribution in [0.5, 0.6) is 0 Å². The van der Waals surface area contributed by atoms with Gasteiger partial charge in [-0.2, -0.15) is 26.3 Å². The van der Waals surface area contributed by atoms with Gasteiger partial charge in [-0.1, -0.05) is 6.07 Å². The van der Waals surface area contributed by atoms with Crippen LogP contribution in [0.1, 0.15) is 11.5 Å². The van der Waals surface area contributed by atoms with E-state index in [0.717, 1.165) is 6.07 Å². The Morgan fingerprint density at radius 3 is 1.65 bits per heavy atom. The molecule has 0 bridgehead atoms. The number of anilines is 2. The van der Waals surface area contributed by atoms with Crippen molar-refractivity contribution in [2.24, 2.45) is 0 Å². The van der Waals surface area contributed by atoms with E-state index >= 15 is 0 Å². The van der Waals surface area contributed by atoms with Gasteiger partial charge in [-0.05, 0) is 17.7 Å².